The van der Waals surface area contributed by atoms with E-state index in [1.807, 2.05) is 6.07 Å². The summed E-state index contributed by atoms with van der Waals surface area (Å²) in [4.78, 5) is 0. The summed E-state index contributed by atoms with van der Waals surface area (Å²) in [5.41, 5.74) is 4.31. The molecule has 1 atom stereocenters. The third-order valence-corrected chi connectivity index (χ3v) is 3.77. The molecule has 2 N–H and O–H groups in total. The lowest BCUT2D eigenvalue weighted by atomic mass is 9.88. The Morgan fingerprint density at radius 3 is 2.18 bits per heavy atom. The van der Waals surface area contributed by atoms with Crippen LogP contribution >= 0.6 is 23.2 Å². The molecule has 22 heavy (non-hydrogen) atoms. The number of anilines is 1. The molecule has 2 aromatic carbocycles. The van der Waals surface area contributed by atoms with Gasteiger partial charge in [0.25, 0.3) is 0 Å². The molecule has 0 amide bonds. The van der Waals surface area contributed by atoms with Crippen molar-refractivity contribution < 1.29 is 13.2 Å². The Morgan fingerprint density at radius 2 is 1.68 bits per heavy atom. The summed E-state index contributed by atoms with van der Waals surface area (Å²) in [6, 6.07) is 9.60. The van der Waals surface area contributed by atoms with Crippen molar-refractivity contribution in [3.8, 4) is 6.07 Å². The van der Waals surface area contributed by atoms with Crippen molar-refractivity contribution in [2.24, 2.45) is 0 Å². The fraction of sp³-hybridized carbons (Fsp3) is 0.133. The number of rotatable bonds is 2. The van der Waals surface area contributed by atoms with Crippen LogP contribution in [0, 0.1) is 11.3 Å². The van der Waals surface area contributed by atoms with Crippen LogP contribution in [-0.4, -0.2) is 0 Å². The van der Waals surface area contributed by atoms with Crippen LogP contribution in [0.3, 0.4) is 0 Å². The number of hydrogen-bond donors (Lipinski definition) is 1. The topological polar surface area (TPSA) is 49.8 Å². The molecule has 0 aromatic heterocycles. The molecule has 0 saturated heterocycles. The zero-order valence-corrected chi connectivity index (χ0v) is 12.5. The zero-order valence-electron chi connectivity index (χ0n) is 11.0. The van der Waals surface area contributed by atoms with Gasteiger partial charge in [0.2, 0.25) is 0 Å². The molecule has 0 aliphatic heterocycles. The molecular weight excluding hydrogens is 336 g/mol. The molecule has 0 heterocycles. The summed E-state index contributed by atoms with van der Waals surface area (Å²) in [5.74, 6) is -1.25. The van der Waals surface area contributed by atoms with E-state index in [1.165, 1.54) is 24.3 Å². The molecule has 0 aliphatic carbocycles. The first-order chi connectivity index (χ1) is 10.3. The van der Waals surface area contributed by atoms with Crippen molar-refractivity contribution in [2.45, 2.75) is 12.1 Å². The van der Waals surface area contributed by atoms with Gasteiger partial charge in [-0.15, -0.1) is 0 Å². The highest BCUT2D eigenvalue weighted by Crippen LogP contribution is 2.41. The smallest absolute Gasteiger partial charge is 0.399 e. The molecule has 0 saturated carbocycles. The summed E-state index contributed by atoms with van der Waals surface area (Å²) >= 11 is 12.0. The molecular formula is C15H9Cl2F3N2. The van der Waals surface area contributed by atoms with Crippen molar-refractivity contribution in [1.82, 2.24) is 0 Å². The average Bonchev–Trinajstić information content (AvgIpc) is 2.42. The van der Waals surface area contributed by atoms with Crippen molar-refractivity contribution >= 4 is 28.9 Å². The normalized spacial score (nSPS) is 12.7. The first-order valence-electron chi connectivity index (χ1n) is 6.06. The maximum absolute atomic E-state index is 13.2. The van der Waals surface area contributed by atoms with Crippen molar-refractivity contribution in [3.05, 3.63) is 63.1 Å². The summed E-state index contributed by atoms with van der Waals surface area (Å²) in [6.45, 7) is 0. The number of nitrogens with two attached hydrogens (primary N) is 1. The van der Waals surface area contributed by atoms with E-state index in [0.717, 1.165) is 6.07 Å². The van der Waals surface area contributed by atoms with Crippen molar-refractivity contribution in [2.75, 3.05) is 5.73 Å². The van der Waals surface area contributed by atoms with Gasteiger partial charge in [-0.25, -0.2) is 0 Å². The Balaban J connectivity index is 2.71. The van der Waals surface area contributed by atoms with Crippen LogP contribution in [0.4, 0.5) is 18.9 Å². The van der Waals surface area contributed by atoms with E-state index in [4.69, 9.17) is 28.9 Å². The lowest BCUT2D eigenvalue weighted by molar-refractivity contribution is -0.138. The second-order valence-corrected chi connectivity index (χ2v) is 5.36. The molecule has 2 nitrogen and oxygen atoms in total. The molecule has 7 heteroatoms. The molecule has 0 radical (unpaired) electrons. The first-order valence-corrected chi connectivity index (χ1v) is 6.81. The van der Waals surface area contributed by atoms with Gasteiger partial charge in [-0.2, -0.15) is 18.4 Å². The van der Waals surface area contributed by atoms with E-state index in [9.17, 15) is 18.4 Å². The summed E-state index contributed by atoms with van der Waals surface area (Å²) in [5, 5.41) is 9.63. The fourth-order valence-electron chi connectivity index (χ4n) is 2.15. The van der Waals surface area contributed by atoms with Gasteiger partial charge < -0.3 is 5.73 Å². The van der Waals surface area contributed by atoms with Crippen LogP contribution in [0.25, 0.3) is 0 Å². The lowest BCUT2D eigenvalue weighted by Gasteiger charge is -2.19. The Bertz CT molecular complexity index is 731. The third-order valence-electron chi connectivity index (χ3n) is 3.11. The van der Waals surface area contributed by atoms with Crippen molar-refractivity contribution in [3.63, 3.8) is 0 Å². The predicted octanol–water partition coefficient (Wildman–Crippen LogP) is 5.25. The molecule has 2 rings (SSSR count). The number of benzene rings is 2. The quantitative estimate of drug-likeness (QED) is 0.756. The summed E-state index contributed by atoms with van der Waals surface area (Å²) < 4.78 is 39.6. The number of halogens is 5. The standard InChI is InChI=1S/C15H9Cl2F3N2/c16-12-2-1-3-13(17)14(12)10(7-21)9-5-4-8(22)6-11(9)15(18,19)20/h1-6,10H,22H2. The molecule has 0 bridgehead atoms. The van der Waals surface area contributed by atoms with E-state index in [0.29, 0.717) is 0 Å². The second-order valence-electron chi connectivity index (χ2n) is 4.54. The number of nitriles is 1. The number of hydrogen-bond acceptors (Lipinski definition) is 2. The minimum absolute atomic E-state index is 0.0435. The minimum Gasteiger partial charge on any atom is -0.399 e. The van der Waals surface area contributed by atoms with Gasteiger partial charge in [-0.1, -0.05) is 35.3 Å². The van der Waals surface area contributed by atoms with E-state index in [1.54, 1.807) is 6.07 Å². The van der Waals surface area contributed by atoms with Crippen LogP contribution in [-0.2, 0) is 6.18 Å². The Kier molecular flexibility index (Phi) is 4.55. The van der Waals surface area contributed by atoms with E-state index >= 15 is 0 Å². The van der Waals surface area contributed by atoms with Gasteiger partial charge in [0.1, 0.15) is 0 Å². The largest absolute Gasteiger partial charge is 0.416 e. The Hall–Kier alpha value is -1.90. The number of nitrogen functional groups attached to an aromatic ring is 1. The van der Waals surface area contributed by atoms with Crippen molar-refractivity contribution in [1.29, 1.82) is 5.26 Å². The number of nitrogens with zero attached hydrogens (tertiary/aromatic N) is 1. The minimum atomic E-state index is -4.65. The van der Waals surface area contributed by atoms with Crippen LogP contribution < -0.4 is 5.73 Å². The molecule has 0 spiro atoms. The third kappa shape index (κ3) is 3.13. The maximum atomic E-state index is 13.2. The fourth-order valence-corrected chi connectivity index (χ4v) is 2.76. The molecule has 114 valence electrons. The van der Waals surface area contributed by atoms with E-state index in [2.05, 4.69) is 0 Å². The van der Waals surface area contributed by atoms with Crippen LogP contribution in [0.15, 0.2) is 36.4 Å². The summed E-state index contributed by atoms with van der Waals surface area (Å²) in [7, 11) is 0. The predicted molar refractivity (Wildman–Crippen MR) is 79.8 cm³/mol. The molecule has 2 aromatic rings. The highest BCUT2D eigenvalue weighted by molar-refractivity contribution is 6.36. The zero-order chi connectivity index (χ0) is 16.5. The van der Waals surface area contributed by atoms with Gasteiger partial charge in [-0.05, 0) is 29.8 Å². The molecule has 0 fully saturated rings. The van der Waals surface area contributed by atoms with Gasteiger partial charge in [0.15, 0.2) is 0 Å². The lowest BCUT2D eigenvalue weighted by Crippen LogP contribution is -2.13. The second kappa shape index (κ2) is 6.07. The van der Waals surface area contributed by atoms with Crippen LogP contribution in [0.1, 0.15) is 22.6 Å². The highest BCUT2D eigenvalue weighted by Gasteiger charge is 2.36. The number of alkyl halides is 3. The van der Waals surface area contributed by atoms with E-state index in [-0.39, 0.29) is 26.9 Å². The summed E-state index contributed by atoms with van der Waals surface area (Å²) in [6.07, 6.45) is -4.65. The molecule has 0 aliphatic rings. The van der Waals surface area contributed by atoms with Crippen LogP contribution in [0.5, 0.6) is 0 Å². The highest BCUT2D eigenvalue weighted by atomic mass is 35.5. The monoisotopic (exact) mass is 344 g/mol. The van der Waals surface area contributed by atoms with E-state index < -0.39 is 17.7 Å². The Morgan fingerprint density at radius 1 is 1.09 bits per heavy atom. The molecule has 1 unspecified atom stereocenters. The average molecular weight is 345 g/mol. The van der Waals surface area contributed by atoms with Gasteiger partial charge in [0, 0.05) is 21.3 Å². The Labute approximate surface area is 134 Å². The van der Waals surface area contributed by atoms with Gasteiger partial charge in [0.05, 0.1) is 17.6 Å². The van der Waals surface area contributed by atoms with Crippen LogP contribution in [0.2, 0.25) is 10.0 Å². The SMILES string of the molecule is N#CC(c1ccc(N)cc1C(F)(F)F)c1c(Cl)cccc1Cl. The van der Waals surface area contributed by atoms with Gasteiger partial charge >= 0.3 is 6.18 Å². The maximum Gasteiger partial charge on any atom is 0.416 e. The first kappa shape index (κ1) is 16.5. The van der Waals surface area contributed by atoms with Gasteiger partial charge in [-0.3, -0.25) is 0 Å².